The van der Waals surface area contributed by atoms with Crippen LogP contribution in [0.1, 0.15) is 6.92 Å². The van der Waals surface area contributed by atoms with Crippen LogP contribution in [0.4, 0.5) is 0 Å². The fourth-order valence-electron chi connectivity index (χ4n) is 3.07. The Hall–Kier alpha value is -2.34. The summed E-state index contributed by atoms with van der Waals surface area (Å²) in [5.74, 6) is 0.488. The smallest absolute Gasteiger partial charge is 0.281 e. The minimum atomic E-state index is -0.436. The van der Waals surface area contributed by atoms with E-state index < -0.39 is 5.56 Å². The number of aromatic nitrogens is 3. The first-order chi connectivity index (χ1) is 13.4. The molecule has 0 aliphatic heterocycles. The number of ether oxygens (including phenoxy) is 1. The van der Waals surface area contributed by atoms with Crippen molar-refractivity contribution >= 4 is 40.3 Å². The molecule has 8 heteroatoms. The van der Waals surface area contributed by atoms with Gasteiger partial charge >= 0.3 is 0 Å². The van der Waals surface area contributed by atoms with Crippen LogP contribution in [0.3, 0.4) is 0 Å². The van der Waals surface area contributed by atoms with E-state index in [1.54, 1.807) is 36.4 Å². The third-order valence-corrected chi connectivity index (χ3v) is 5.33. The van der Waals surface area contributed by atoms with Crippen LogP contribution in [0.15, 0.2) is 64.7 Å². The molecule has 4 rings (SSSR count). The van der Waals surface area contributed by atoms with Crippen LogP contribution >= 0.6 is 34.8 Å². The van der Waals surface area contributed by atoms with Crippen molar-refractivity contribution in [2.45, 2.75) is 13.0 Å². The molecule has 0 fully saturated rings. The maximum Gasteiger partial charge on any atom is 0.281 e. The molecule has 2 heterocycles. The second-order valence-corrected chi connectivity index (χ2v) is 7.63. The van der Waals surface area contributed by atoms with Crippen molar-refractivity contribution in [3.8, 4) is 17.0 Å². The van der Waals surface area contributed by atoms with E-state index in [1.165, 1.54) is 10.8 Å². The highest BCUT2D eigenvalue weighted by molar-refractivity contribution is 6.39. The van der Waals surface area contributed by atoms with Gasteiger partial charge in [0.15, 0.2) is 0 Å². The number of allylic oxidation sites excluding steroid dienone is 2. The fourth-order valence-corrected chi connectivity index (χ4v) is 3.93. The molecule has 0 saturated heterocycles. The molecule has 2 atom stereocenters. The quantitative estimate of drug-likeness (QED) is 0.573. The van der Waals surface area contributed by atoms with E-state index in [-0.39, 0.29) is 17.6 Å². The van der Waals surface area contributed by atoms with E-state index in [1.807, 2.05) is 19.1 Å². The Kier molecular flexibility index (Phi) is 5.15. The summed E-state index contributed by atoms with van der Waals surface area (Å²) in [6.07, 6.45) is 6.75. The second kappa shape index (κ2) is 7.59. The summed E-state index contributed by atoms with van der Waals surface area (Å²) in [7, 11) is 0. The first-order valence-corrected chi connectivity index (χ1v) is 9.62. The molecule has 142 valence electrons. The second-order valence-electron chi connectivity index (χ2n) is 6.38. The molecule has 0 bridgehead atoms. The zero-order valence-electron chi connectivity index (χ0n) is 14.6. The predicted octanol–water partition coefficient (Wildman–Crippen LogP) is 5.14. The summed E-state index contributed by atoms with van der Waals surface area (Å²) < 4.78 is 7.45. The molecule has 5 nitrogen and oxygen atoms in total. The summed E-state index contributed by atoms with van der Waals surface area (Å²) in [6.45, 7) is 2.01. The van der Waals surface area contributed by atoms with E-state index in [0.717, 1.165) is 0 Å². The van der Waals surface area contributed by atoms with Gasteiger partial charge in [0, 0.05) is 22.6 Å². The zero-order valence-corrected chi connectivity index (χ0v) is 16.9. The normalized spacial score (nSPS) is 18.9. The average Bonchev–Trinajstić information content (AvgIpc) is 2.65. The Morgan fingerprint density at radius 1 is 1.07 bits per heavy atom. The van der Waals surface area contributed by atoms with Gasteiger partial charge < -0.3 is 4.74 Å². The maximum absolute atomic E-state index is 12.5. The standard InChI is InChI=1S/C20H14Cl3N3O2/c1-11-9-12(21)5-7-16(11)28-17-8-6-15-19(20(27)24-10-26(15)25-17)18-13(22)3-2-4-14(18)23/h2-11,16H,1H3. The maximum atomic E-state index is 12.5. The number of benzene rings is 1. The van der Waals surface area contributed by atoms with Crippen LogP contribution in [-0.4, -0.2) is 20.7 Å². The van der Waals surface area contributed by atoms with E-state index in [0.29, 0.717) is 32.0 Å². The van der Waals surface area contributed by atoms with Crippen molar-refractivity contribution in [2.75, 3.05) is 0 Å². The molecule has 1 aromatic carbocycles. The van der Waals surface area contributed by atoms with Crippen LogP contribution in [-0.2, 0) is 0 Å². The Morgan fingerprint density at radius 2 is 1.82 bits per heavy atom. The highest BCUT2D eigenvalue weighted by Crippen LogP contribution is 2.35. The molecule has 1 aliphatic rings. The van der Waals surface area contributed by atoms with E-state index in [4.69, 9.17) is 39.5 Å². The molecule has 2 unspecified atom stereocenters. The third-order valence-electron chi connectivity index (χ3n) is 4.45. The molecule has 2 aromatic heterocycles. The van der Waals surface area contributed by atoms with Gasteiger partial charge in [-0.25, -0.2) is 4.52 Å². The number of nitrogens with zero attached hydrogens (tertiary/aromatic N) is 3. The van der Waals surface area contributed by atoms with Crippen molar-refractivity contribution in [3.05, 3.63) is 80.3 Å². The van der Waals surface area contributed by atoms with E-state index >= 15 is 0 Å². The highest BCUT2D eigenvalue weighted by Gasteiger charge is 2.20. The molecule has 0 radical (unpaired) electrons. The first kappa shape index (κ1) is 19.0. The van der Waals surface area contributed by atoms with Gasteiger partial charge in [-0.2, -0.15) is 4.98 Å². The first-order valence-electron chi connectivity index (χ1n) is 8.49. The van der Waals surface area contributed by atoms with Crippen molar-refractivity contribution < 1.29 is 4.74 Å². The highest BCUT2D eigenvalue weighted by atomic mass is 35.5. The molecular formula is C20H14Cl3N3O2. The average molecular weight is 435 g/mol. The fraction of sp³-hybridized carbons (Fsp3) is 0.150. The monoisotopic (exact) mass is 433 g/mol. The van der Waals surface area contributed by atoms with Crippen LogP contribution < -0.4 is 10.3 Å². The van der Waals surface area contributed by atoms with Crippen LogP contribution in [0, 0.1) is 5.92 Å². The molecule has 1 aliphatic carbocycles. The van der Waals surface area contributed by atoms with Gasteiger partial charge in [-0.05, 0) is 30.4 Å². The van der Waals surface area contributed by atoms with Gasteiger partial charge in [-0.1, -0.05) is 53.9 Å². The number of hydrogen-bond donors (Lipinski definition) is 0. The summed E-state index contributed by atoms with van der Waals surface area (Å²) in [5.41, 5.74) is 0.810. The van der Waals surface area contributed by atoms with Crippen LogP contribution in [0.25, 0.3) is 16.6 Å². The van der Waals surface area contributed by atoms with Gasteiger partial charge in [0.25, 0.3) is 5.56 Å². The Balaban J connectivity index is 1.78. The largest absolute Gasteiger partial charge is 0.468 e. The Bertz CT molecular complexity index is 1170. The summed E-state index contributed by atoms with van der Waals surface area (Å²) in [4.78, 5) is 16.4. The lowest BCUT2D eigenvalue weighted by Gasteiger charge is -2.22. The van der Waals surface area contributed by atoms with E-state index in [9.17, 15) is 4.79 Å². The molecule has 3 aromatic rings. The zero-order chi connectivity index (χ0) is 19.8. The number of rotatable bonds is 3. The minimum absolute atomic E-state index is 0.0969. The lowest BCUT2D eigenvalue weighted by molar-refractivity contribution is 0.198. The SMILES string of the molecule is CC1C=C(Cl)C=CC1Oc1ccc2c(-c3c(Cl)cccc3Cl)c(=O)ncn2n1. The molecule has 28 heavy (non-hydrogen) atoms. The predicted molar refractivity (Wildman–Crippen MR) is 111 cm³/mol. The molecule has 0 spiro atoms. The molecule has 0 N–H and O–H groups in total. The van der Waals surface area contributed by atoms with Gasteiger partial charge in [-0.3, -0.25) is 4.79 Å². The Labute approximate surface area is 175 Å². The summed E-state index contributed by atoms with van der Waals surface area (Å²) in [6, 6.07) is 8.50. The molecule has 0 saturated carbocycles. The van der Waals surface area contributed by atoms with Gasteiger partial charge in [0.1, 0.15) is 12.4 Å². The summed E-state index contributed by atoms with van der Waals surface area (Å²) in [5, 5.41) is 5.84. The minimum Gasteiger partial charge on any atom is -0.468 e. The lowest BCUT2D eigenvalue weighted by atomic mass is 10.00. The van der Waals surface area contributed by atoms with Gasteiger partial charge in [0.2, 0.25) is 5.88 Å². The van der Waals surface area contributed by atoms with Gasteiger partial charge in [-0.15, -0.1) is 5.10 Å². The number of hydrogen-bond acceptors (Lipinski definition) is 4. The van der Waals surface area contributed by atoms with E-state index in [2.05, 4.69) is 10.1 Å². The van der Waals surface area contributed by atoms with Crippen molar-refractivity contribution in [3.63, 3.8) is 0 Å². The van der Waals surface area contributed by atoms with Crippen molar-refractivity contribution in [1.82, 2.24) is 14.6 Å². The van der Waals surface area contributed by atoms with Gasteiger partial charge in [0.05, 0.1) is 21.1 Å². The van der Waals surface area contributed by atoms with Crippen LogP contribution in [0.2, 0.25) is 10.0 Å². The van der Waals surface area contributed by atoms with Crippen LogP contribution in [0.5, 0.6) is 5.88 Å². The number of fused-ring (bicyclic) bond motifs is 1. The van der Waals surface area contributed by atoms with Crippen molar-refractivity contribution in [1.29, 1.82) is 0 Å². The Morgan fingerprint density at radius 3 is 2.54 bits per heavy atom. The topological polar surface area (TPSA) is 56.5 Å². The lowest BCUT2D eigenvalue weighted by Crippen LogP contribution is -2.24. The third kappa shape index (κ3) is 3.53. The number of halogens is 3. The molecular weight excluding hydrogens is 421 g/mol. The summed E-state index contributed by atoms with van der Waals surface area (Å²) >= 11 is 18.6. The molecule has 0 amide bonds. The van der Waals surface area contributed by atoms with Crippen molar-refractivity contribution in [2.24, 2.45) is 5.92 Å².